The summed E-state index contributed by atoms with van der Waals surface area (Å²) in [7, 11) is -3.95. The summed E-state index contributed by atoms with van der Waals surface area (Å²) in [6.07, 6.45) is -4.06. The van der Waals surface area contributed by atoms with Crippen LogP contribution in [0.15, 0.2) is 71.8 Å². The van der Waals surface area contributed by atoms with E-state index < -0.39 is 27.9 Å². The molecule has 0 unspecified atom stereocenters. The summed E-state index contributed by atoms with van der Waals surface area (Å²) in [5, 5.41) is 3.85. The molecule has 0 amide bonds. The molecule has 0 spiro atoms. The van der Waals surface area contributed by atoms with Crippen molar-refractivity contribution < 1.29 is 26.3 Å². The highest BCUT2D eigenvalue weighted by molar-refractivity contribution is 7.89. The summed E-state index contributed by atoms with van der Waals surface area (Å²) in [5.74, 6) is -0.0258. The molecular weight excluding hydrogens is 381 g/mol. The monoisotopic (exact) mass is 396 g/mol. The van der Waals surface area contributed by atoms with Gasteiger partial charge in [0.1, 0.15) is 11.9 Å². The number of hydrogen-bond acceptors (Lipinski definition) is 4. The van der Waals surface area contributed by atoms with Gasteiger partial charge in [0.25, 0.3) is 10.0 Å². The van der Waals surface area contributed by atoms with Crippen molar-refractivity contribution >= 4 is 10.0 Å². The lowest BCUT2D eigenvalue weighted by atomic mass is 10.2. The van der Waals surface area contributed by atoms with Crippen molar-refractivity contribution in [1.82, 2.24) is 9.19 Å². The third-order valence-corrected chi connectivity index (χ3v) is 5.43. The zero-order chi connectivity index (χ0) is 19.7. The minimum Gasteiger partial charge on any atom is -0.484 e. The Morgan fingerprint density at radius 2 is 1.74 bits per heavy atom. The van der Waals surface area contributed by atoms with Gasteiger partial charge in [0.15, 0.2) is 0 Å². The van der Waals surface area contributed by atoms with Crippen molar-refractivity contribution in [3.63, 3.8) is 0 Å². The van der Waals surface area contributed by atoms with Gasteiger partial charge in [-0.25, -0.2) is 0 Å². The fraction of sp³-hybridized carbons (Fsp3) is 0.167. The van der Waals surface area contributed by atoms with Gasteiger partial charge in [0.05, 0.1) is 22.3 Å². The first-order chi connectivity index (χ1) is 12.7. The predicted molar refractivity (Wildman–Crippen MR) is 91.7 cm³/mol. The topological polar surface area (TPSA) is 61.2 Å². The van der Waals surface area contributed by atoms with Gasteiger partial charge < -0.3 is 4.74 Å². The van der Waals surface area contributed by atoms with E-state index in [1.165, 1.54) is 43.5 Å². The molecule has 27 heavy (non-hydrogen) atoms. The number of aromatic nitrogens is 2. The Bertz CT molecular complexity index is 1030. The van der Waals surface area contributed by atoms with E-state index in [1.807, 2.05) is 0 Å². The Balaban J connectivity index is 1.90. The molecule has 3 aromatic rings. The highest BCUT2D eigenvalue weighted by Gasteiger charge is 2.31. The van der Waals surface area contributed by atoms with E-state index in [9.17, 15) is 21.6 Å². The van der Waals surface area contributed by atoms with E-state index in [-0.39, 0.29) is 16.3 Å². The number of alkyl halides is 3. The molecular formula is C18H15F3N2O3S. The maximum atomic E-state index is 12.8. The molecule has 1 atom stereocenters. The average Bonchev–Trinajstić information content (AvgIpc) is 3.13. The van der Waals surface area contributed by atoms with Gasteiger partial charge in [0.2, 0.25) is 0 Å². The van der Waals surface area contributed by atoms with Crippen LogP contribution < -0.4 is 4.74 Å². The van der Waals surface area contributed by atoms with Crippen LogP contribution in [0.5, 0.6) is 5.75 Å². The SMILES string of the molecule is C[C@H](Oc1cccc(C(F)(F)F)c1)c1ccnn1S(=O)(=O)c1ccccc1. The van der Waals surface area contributed by atoms with Crippen LogP contribution in [0.3, 0.4) is 0 Å². The zero-order valence-corrected chi connectivity index (χ0v) is 14.9. The smallest absolute Gasteiger partial charge is 0.416 e. The van der Waals surface area contributed by atoms with Crippen molar-refractivity contribution in [3.05, 3.63) is 78.1 Å². The molecule has 142 valence electrons. The van der Waals surface area contributed by atoms with Crippen molar-refractivity contribution in [2.24, 2.45) is 0 Å². The molecule has 2 aromatic carbocycles. The molecule has 0 saturated heterocycles. The van der Waals surface area contributed by atoms with Gasteiger partial charge in [-0.15, -0.1) is 0 Å². The molecule has 9 heteroatoms. The largest absolute Gasteiger partial charge is 0.484 e. The number of nitrogens with zero attached hydrogens (tertiary/aromatic N) is 2. The maximum absolute atomic E-state index is 12.8. The Labute approximate surface area is 154 Å². The van der Waals surface area contributed by atoms with E-state index in [2.05, 4.69) is 5.10 Å². The molecule has 5 nitrogen and oxygen atoms in total. The zero-order valence-electron chi connectivity index (χ0n) is 14.1. The van der Waals surface area contributed by atoms with Gasteiger partial charge in [-0.05, 0) is 43.3 Å². The summed E-state index contributed by atoms with van der Waals surface area (Å²) < 4.78 is 70.4. The Morgan fingerprint density at radius 3 is 2.41 bits per heavy atom. The average molecular weight is 396 g/mol. The molecule has 3 rings (SSSR count). The Morgan fingerprint density at radius 1 is 1.04 bits per heavy atom. The first-order valence-electron chi connectivity index (χ1n) is 7.88. The third-order valence-electron chi connectivity index (χ3n) is 3.80. The van der Waals surface area contributed by atoms with Crippen molar-refractivity contribution in [1.29, 1.82) is 0 Å². The lowest BCUT2D eigenvalue weighted by Crippen LogP contribution is -2.20. The minimum absolute atomic E-state index is 0.0258. The minimum atomic E-state index is -4.50. The van der Waals surface area contributed by atoms with E-state index in [4.69, 9.17) is 4.74 Å². The highest BCUT2D eigenvalue weighted by Crippen LogP contribution is 2.32. The first kappa shape index (κ1) is 19.0. The second-order valence-corrected chi connectivity index (χ2v) is 7.47. The molecule has 0 N–H and O–H groups in total. The Kier molecular flexibility index (Phi) is 4.97. The summed E-state index contributed by atoms with van der Waals surface area (Å²) >= 11 is 0. The highest BCUT2D eigenvalue weighted by atomic mass is 32.2. The second kappa shape index (κ2) is 7.07. The number of ether oxygens (including phenoxy) is 1. The van der Waals surface area contributed by atoms with Crippen LogP contribution in [0.1, 0.15) is 24.3 Å². The molecule has 0 radical (unpaired) electrons. The standard InChI is InChI=1S/C18H15F3N2O3S/c1-13(26-15-7-5-6-14(12-15)18(19,20)21)17-10-11-22-23(17)27(24,25)16-8-3-2-4-9-16/h2-13H,1H3/t13-/m0/s1. The number of benzene rings is 2. The van der Waals surface area contributed by atoms with E-state index in [1.54, 1.807) is 18.2 Å². The van der Waals surface area contributed by atoms with Crippen LogP contribution in [-0.2, 0) is 16.2 Å². The summed E-state index contributed by atoms with van der Waals surface area (Å²) in [6.45, 7) is 1.54. The number of hydrogen-bond donors (Lipinski definition) is 0. The molecule has 0 aliphatic carbocycles. The molecule has 0 bridgehead atoms. The van der Waals surface area contributed by atoms with Gasteiger partial charge in [0, 0.05) is 0 Å². The first-order valence-corrected chi connectivity index (χ1v) is 9.32. The van der Waals surface area contributed by atoms with E-state index in [0.717, 1.165) is 16.2 Å². The van der Waals surface area contributed by atoms with Gasteiger partial charge in [-0.3, -0.25) is 0 Å². The van der Waals surface area contributed by atoms with Crippen LogP contribution in [0.4, 0.5) is 13.2 Å². The van der Waals surface area contributed by atoms with Crippen LogP contribution >= 0.6 is 0 Å². The lowest BCUT2D eigenvalue weighted by Gasteiger charge is -2.17. The van der Waals surface area contributed by atoms with Gasteiger partial charge >= 0.3 is 6.18 Å². The molecule has 0 fully saturated rings. The molecule has 0 saturated carbocycles. The number of rotatable bonds is 5. The lowest BCUT2D eigenvalue weighted by molar-refractivity contribution is -0.137. The number of halogens is 3. The maximum Gasteiger partial charge on any atom is 0.416 e. The van der Waals surface area contributed by atoms with Crippen LogP contribution in [-0.4, -0.2) is 17.6 Å². The van der Waals surface area contributed by atoms with Crippen molar-refractivity contribution in [3.8, 4) is 5.75 Å². The summed E-state index contributed by atoms with van der Waals surface area (Å²) in [5.41, 5.74) is -0.658. The van der Waals surface area contributed by atoms with Gasteiger partial charge in [-0.2, -0.15) is 30.8 Å². The van der Waals surface area contributed by atoms with E-state index in [0.29, 0.717) is 0 Å². The second-order valence-electron chi connectivity index (χ2n) is 5.70. The van der Waals surface area contributed by atoms with Gasteiger partial charge in [-0.1, -0.05) is 24.3 Å². The Hall–Kier alpha value is -2.81. The fourth-order valence-electron chi connectivity index (χ4n) is 2.50. The molecule has 0 aliphatic rings. The molecule has 1 aromatic heterocycles. The van der Waals surface area contributed by atoms with Crippen LogP contribution in [0.25, 0.3) is 0 Å². The fourth-order valence-corrected chi connectivity index (χ4v) is 3.86. The summed E-state index contributed by atoms with van der Waals surface area (Å²) in [6, 6.07) is 13.5. The normalized spacial score (nSPS) is 13.3. The third kappa shape index (κ3) is 3.97. The quantitative estimate of drug-likeness (QED) is 0.646. The predicted octanol–water partition coefficient (Wildman–Crippen LogP) is 4.28. The summed E-state index contributed by atoms with van der Waals surface area (Å²) in [4.78, 5) is 0.0428. The van der Waals surface area contributed by atoms with Crippen LogP contribution in [0, 0.1) is 0 Å². The van der Waals surface area contributed by atoms with Crippen molar-refractivity contribution in [2.45, 2.75) is 24.1 Å². The van der Waals surface area contributed by atoms with Crippen LogP contribution in [0.2, 0.25) is 0 Å². The molecule has 1 heterocycles. The van der Waals surface area contributed by atoms with Crippen molar-refractivity contribution in [2.75, 3.05) is 0 Å². The molecule has 0 aliphatic heterocycles. The van der Waals surface area contributed by atoms with E-state index >= 15 is 0 Å².